The quantitative estimate of drug-likeness (QED) is 0.704. The van der Waals surface area contributed by atoms with Crippen molar-refractivity contribution in [1.82, 2.24) is 5.32 Å². The van der Waals surface area contributed by atoms with Crippen LogP contribution in [0.3, 0.4) is 0 Å². The molecular weight excluding hydrogens is 248 g/mol. The molecule has 0 fully saturated rings. The summed E-state index contributed by atoms with van der Waals surface area (Å²) < 4.78 is 0. The summed E-state index contributed by atoms with van der Waals surface area (Å²) >= 11 is 0. The molecule has 102 valence electrons. The third kappa shape index (κ3) is 4.09. The second-order valence-corrected chi connectivity index (χ2v) is 4.10. The molecule has 1 rings (SSSR count). The lowest BCUT2D eigenvalue weighted by Crippen LogP contribution is -2.44. The van der Waals surface area contributed by atoms with Crippen LogP contribution in [-0.4, -0.2) is 28.9 Å². The van der Waals surface area contributed by atoms with E-state index in [9.17, 15) is 14.4 Å². The number of nitrogens with one attached hydrogen (secondary N) is 1. The highest BCUT2D eigenvalue weighted by Crippen LogP contribution is 2.06. The summed E-state index contributed by atoms with van der Waals surface area (Å²) in [5.41, 5.74) is 5.56. The molecule has 1 unspecified atom stereocenters. The standard InChI is InChI=1S/C13H16N2O4/c1-2-3-10(11(14)16)15-12(17)8-4-6-9(7-5-8)13(18)19/h4-7,10H,2-3H2,1H3,(H2,14,16)(H,15,17)(H,18,19). The summed E-state index contributed by atoms with van der Waals surface area (Å²) in [6.45, 7) is 1.88. The molecule has 6 heteroatoms. The van der Waals surface area contributed by atoms with Gasteiger partial charge < -0.3 is 16.2 Å². The average Bonchev–Trinajstić information content (AvgIpc) is 2.38. The van der Waals surface area contributed by atoms with Crippen LogP contribution in [0.1, 0.15) is 40.5 Å². The van der Waals surface area contributed by atoms with Gasteiger partial charge in [0.1, 0.15) is 6.04 Å². The van der Waals surface area contributed by atoms with E-state index in [1.807, 2.05) is 6.92 Å². The third-order valence-electron chi connectivity index (χ3n) is 2.62. The Hall–Kier alpha value is -2.37. The maximum Gasteiger partial charge on any atom is 0.335 e. The SMILES string of the molecule is CCCC(NC(=O)c1ccc(C(=O)O)cc1)C(N)=O. The lowest BCUT2D eigenvalue weighted by Gasteiger charge is -2.14. The van der Waals surface area contributed by atoms with Gasteiger partial charge in [0.15, 0.2) is 0 Å². The van der Waals surface area contributed by atoms with Crippen LogP contribution in [0.2, 0.25) is 0 Å². The third-order valence-corrected chi connectivity index (χ3v) is 2.62. The van der Waals surface area contributed by atoms with Gasteiger partial charge in [0.25, 0.3) is 5.91 Å². The first kappa shape index (κ1) is 14.7. The number of hydrogen-bond acceptors (Lipinski definition) is 3. The molecule has 0 saturated heterocycles. The number of hydrogen-bond donors (Lipinski definition) is 3. The van der Waals surface area contributed by atoms with Crippen molar-refractivity contribution in [2.45, 2.75) is 25.8 Å². The Morgan fingerprint density at radius 2 is 1.74 bits per heavy atom. The maximum absolute atomic E-state index is 11.8. The average molecular weight is 264 g/mol. The number of amides is 2. The lowest BCUT2D eigenvalue weighted by atomic mass is 10.1. The zero-order valence-corrected chi connectivity index (χ0v) is 10.6. The molecule has 0 spiro atoms. The number of nitrogens with two attached hydrogens (primary N) is 1. The van der Waals surface area contributed by atoms with E-state index in [1.54, 1.807) is 0 Å². The van der Waals surface area contributed by atoms with E-state index >= 15 is 0 Å². The number of carbonyl (C=O) groups excluding carboxylic acids is 2. The van der Waals surface area contributed by atoms with Gasteiger partial charge in [-0.3, -0.25) is 9.59 Å². The molecule has 4 N–H and O–H groups in total. The smallest absolute Gasteiger partial charge is 0.335 e. The molecule has 0 bridgehead atoms. The molecule has 0 aliphatic rings. The van der Waals surface area contributed by atoms with Crippen LogP contribution in [0, 0.1) is 0 Å². The van der Waals surface area contributed by atoms with Crippen molar-refractivity contribution in [3.05, 3.63) is 35.4 Å². The van der Waals surface area contributed by atoms with Crippen LogP contribution in [-0.2, 0) is 4.79 Å². The molecule has 1 aromatic rings. The number of carbonyl (C=O) groups is 3. The van der Waals surface area contributed by atoms with Gasteiger partial charge in [-0.05, 0) is 30.7 Å². The van der Waals surface area contributed by atoms with Crippen molar-refractivity contribution < 1.29 is 19.5 Å². The fourth-order valence-electron chi connectivity index (χ4n) is 1.58. The van der Waals surface area contributed by atoms with Crippen molar-refractivity contribution in [2.24, 2.45) is 5.73 Å². The monoisotopic (exact) mass is 264 g/mol. The summed E-state index contributed by atoms with van der Waals surface area (Å²) in [7, 11) is 0. The van der Waals surface area contributed by atoms with Gasteiger partial charge >= 0.3 is 5.97 Å². The second-order valence-electron chi connectivity index (χ2n) is 4.10. The predicted octanol–water partition coefficient (Wildman–Crippen LogP) is 0.769. The first-order valence-electron chi connectivity index (χ1n) is 5.89. The van der Waals surface area contributed by atoms with Crippen LogP contribution in [0.25, 0.3) is 0 Å². The topological polar surface area (TPSA) is 109 Å². The highest BCUT2D eigenvalue weighted by Gasteiger charge is 2.18. The van der Waals surface area contributed by atoms with Crippen LogP contribution in [0.15, 0.2) is 24.3 Å². The van der Waals surface area contributed by atoms with E-state index in [0.29, 0.717) is 12.8 Å². The van der Waals surface area contributed by atoms with E-state index in [4.69, 9.17) is 10.8 Å². The number of aromatic carboxylic acids is 1. The van der Waals surface area contributed by atoms with Gasteiger partial charge in [-0.1, -0.05) is 13.3 Å². The fraction of sp³-hybridized carbons (Fsp3) is 0.308. The normalized spacial score (nSPS) is 11.6. The van der Waals surface area contributed by atoms with Gasteiger partial charge in [0.2, 0.25) is 5.91 Å². The van der Waals surface area contributed by atoms with E-state index in [2.05, 4.69) is 5.32 Å². The van der Waals surface area contributed by atoms with E-state index < -0.39 is 23.8 Å². The molecule has 1 atom stereocenters. The molecule has 0 aliphatic heterocycles. The van der Waals surface area contributed by atoms with Crippen molar-refractivity contribution in [1.29, 1.82) is 0 Å². The summed E-state index contributed by atoms with van der Waals surface area (Å²) in [6.07, 6.45) is 1.18. The lowest BCUT2D eigenvalue weighted by molar-refractivity contribution is -0.120. The molecule has 0 saturated carbocycles. The molecule has 0 heterocycles. The Morgan fingerprint density at radius 3 is 2.16 bits per heavy atom. The molecular formula is C13H16N2O4. The Labute approximate surface area is 110 Å². The van der Waals surface area contributed by atoms with Crippen molar-refractivity contribution in [2.75, 3.05) is 0 Å². The van der Waals surface area contributed by atoms with Gasteiger partial charge in [-0.25, -0.2) is 4.79 Å². The van der Waals surface area contributed by atoms with Crippen molar-refractivity contribution in [3.63, 3.8) is 0 Å². The molecule has 1 aromatic carbocycles. The van der Waals surface area contributed by atoms with Gasteiger partial charge in [0.05, 0.1) is 5.56 Å². The highest BCUT2D eigenvalue weighted by atomic mass is 16.4. The summed E-state index contributed by atoms with van der Waals surface area (Å²) in [5, 5.41) is 11.3. The first-order valence-corrected chi connectivity index (χ1v) is 5.89. The van der Waals surface area contributed by atoms with E-state index in [1.165, 1.54) is 24.3 Å². The van der Waals surface area contributed by atoms with Crippen LogP contribution in [0.4, 0.5) is 0 Å². The zero-order chi connectivity index (χ0) is 14.4. The highest BCUT2D eigenvalue weighted by molar-refractivity contribution is 5.98. The number of carboxylic acid groups (broad SMARTS) is 1. The molecule has 2 amide bonds. The number of rotatable bonds is 6. The summed E-state index contributed by atoms with van der Waals surface area (Å²) in [5.74, 6) is -2.10. The number of benzene rings is 1. The Balaban J connectivity index is 2.76. The minimum Gasteiger partial charge on any atom is -0.478 e. The first-order chi connectivity index (χ1) is 8.95. The second kappa shape index (κ2) is 6.53. The fourth-order valence-corrected chi connectivity index (χ4v) is 1.58. The van der Waals surface area contributed by atoms with E-state index in [0.717, 1.165) is 0 Å². The number of carboxylic acids is 1. The minimum atomic E-state index is -1.06. The van der Waals surface area contributed by atoms with Crippen molar-refractivity contribution in [3.8, 4) is 0 Å². The van der Waals surface area contributed by atoms with Crippen molar-refractivity contribution >= 4 is 17.8 Å². The molecule has 0 aliphatic carbocycles. The zero-order valence-electron chi connectivity index (χ0n) is 10.6. The largest absolute Gasteiger partial charge is 0.478 e. The van der Waals surface area contributed by atoms with Gasteiger partial charge in [0, 0.05) is 5.56 Å². The predicted molar refractivity (Wildman–Crippen MR) is 68.8 cm³/mol. The molecule has 6 nitrogen and oxygen atoms in total. The molecule has 19 heavy (non-hydrogen) atoms. The molecule has 0 aromatic heterocycles. The Bertz CT molecular complexity index is 482. The van der Waals surface area contributed by atoms with Crippen LogP contribution in [0.5, 0.6) is 0 Å². The minimum absolute atomic E-state index is 0.0940. The van der Waals surface area contributed by atoms with Crippen LogP contribution < -0.4 is 11.1 Å². The Morgan fingerprint density at radius 1 is 1.21 bits per heavy atom. The molecule has 0 radical (unpaired) electrons. The summed E-state index contributed by atoms with van der Waals surface area (Å²) in [6, 6.07) is 4.73. The number of primary amides is 1. The maximum atomic E-state index is 11.8. The van der Waals surface area contributed by atoms with Crippen LogP contribution >= 0.6 is 0 Å². The Kier molecular flexibility index (Phi) is 5.05. The van der Waals surface area contributed by atoms with E-state index in [-0.39, 0.29) is 11.1 Å². The van der Waals surface area contributed by atoms with Gasteiger partial charge in [-0.2, -0.15) is 0 Å². The van der Waals surface area contributed by atoms with Gasteiger partial charge in [-0.15, -0.1) is 0 Å². The summed E-state index contributed by atoms with van der Waals surface area (Å²) in [4.78, 5) is 33.7.